The average Bonchev–Trinajstić information content (AvgIpc) is 2.75. The molecule has 6 nitrogen and oxygen atoms in total. The predicted molar refractivity (Wildman–Crippen MR) is 77.3 cm³/mol. The fourth-order valence-electron chi connectivity index (χ4n) is 3.01. The molecular formula is C14H26N4O2. The number of piperidine rings is 1. The van der Waals surface area contributed by atoms with Crippen molar-refractivity contribution in [3.8, 4) is 0 Å². The van der Waals surface area contributed by atoms with Crippen molar-refractivity contribution in [3.05, 3.63) is 0 Å². The van der Waals surface area contributed by atoms with Gasteiger partial charge in [0, 0.05) is 26.7 Å². The summed E-state index contributed by atoms with van der Waals surface area (Å²) in [6.45, 7) is 4.97. The lowest BCUT2D eigenvalue weighted by atomic mass is 10.0. The fraction of sp³-hybridized carbons (Fsp3) is 0.857. The molecule has 2 aliphatic rings. The Hall–Kier alpha value is -1.14. The van der Waals surface area contributed by atoms with Gasteiger partial charge in [-0.15, -0.1) is 0 Å². The second kappa shape index (κ2) is 7.59. The lowest BCUT2D eigenvalue weighted by Crippen LogP contribution is -2.53. The number of likely N-dealkylation sites (tertiary alicyclic amines) is 1. The lowest BCUT2D eigenvalue weighted by molar-refractivity contribution is -0.142. The molecule has 2 N–H and O–H groups in total. The first kappa shape index (κ1) is 15.3. The molecule has 6 heteroatoms. The summed E-state index contributed by atoms with van der Waals surface area (Å²) < 4.78 is 0. The summed E-state index contributed by atoms with van der Waals surface area (Å²) in [6.07, 6.45) is 3.88. The van der Waals surface area contributed by atoms with Gasteiger partial charge >= 0.3 is 0 Å². The van der Waals surface area contributed by atoms with Gasteiger partial charge in [-0.25, -0.2) is 0 Å². The number of hydrogen-bond donors (Lipinski definition) is 2. The van der Waals surface area contributed by atoms with Gasteiger partial charge in [-0.2, -0.15) is 0 Å². The molecule has 1 atom stereocenters. The van der Waals surface area contributed by atoms with Crippen molar-refractivity contribution in [2.75, 3.05) is 46.3 Å². The van der Waals surface area contributed by atoms with Crippen LogP contribution in [0.5, 0.6) is 0 Å². The maximum absolute atomic E-state index is 12.5. The van der Waals surface area contributed by atoms with Crippen molar-refractivity contribution in [2.24, 2.45) is 0 Å². The average molecular weight is 282 g/mol. The molecule has 0 spiro atoms. The molecule has 0 bridgehead atoms. The molecule has 20 heavy (non-hydrogen) atoms. The lowest BCUT2D eigenvalue weighted by Gasteiger charge is -2.35. The number of nitrogens with zero attached hydrogens (tertiary/aromatic N) is 2. The summed E-state index contributed by atoms with van der Waals surface area (Å²) in [5, 5.41) is 6.01. The van der Waals surface area contributed by atoms with Gasteiger partial charge in [0.25, 0.3) is 0 Å². The van der Waals surface area contributed by atoms with Crippen LogP contribution >= 0.6 is 0 Å². The van der Waals surface area contributed by atoms with Gasteiger partial charge in [0.05, 0.1) is 6.54 Å². The Labute approximate surface area is 120 Å². The van der Waals surface area contributed by atoms with E-state index in [-0.39, 0.29) is 17.9 Å². The monoisotopic (exact) mass is 282 g/mol. The molecule has 0 aromatic rings. The summed E-state index contributed by atoms with van der Waals surface area (Å²) in [4.78, 5) is 28.4. The second-order valence-corrected chi connectivity index (χ2v) is 5.59. The highest BCUT2D eigenvalue weighted by molar-refractivity contribution is 5.88. The molecule has 0 aromatic carbocycles. The van der Waals surface area contributed by atoms with E-state index in [1.807, 2.05) is 0 Å². The molecule has 2 aliphatic heterocycles. The number of amides is 2. The van der Waals surface area contributed by atoms with Gasteiger partial charge < -0.3 is 15.5 Å². The van der Waals surface area contributed by atoms with Gasteiger partial charge in [0.2, 0.25) is 11.8 Å². The van der Waals surface area contributed by atoms with Crippen LogP contribution in [0.15, 0.2) is 0 Å². The fourth-order valence-corrected chi connectivity index (χ4v) is 3.01. The number of carbonyl (C=O) groups excluding carboxylic acids is 2. The van der Waals surface area contributed by atoms with Crippen molar-refractivity contribution >= 4 is 11.8 Å². The summed E-state index contributed by atoms with van der Waals surface area (Å²) in [5.74, 6) is 0.0655. The molecule has 0 saturated carbocycles. The van der Waals surface area contributed by atoms with Gasteiger partial charge in [-0.1, -0.05) is 0 Å². The van der Waals surface area contributed by atoms with E-state index in [1.54, 1.807) is 11.9 Å². The van der Waals surface area contributed by atoms with E-state index in [9.17, 15) is 9.59 Å². The zero-order valence-corrected chi connectivity index (χ0v) is 12.4. The molecule has 1 unspecified atom stereocenters. The first-order valence-corrected chi connectivity index (χ1v) is 7.66. The summed E-state index contributed by atoms with van der Waals surface area (Å²) in [6, 6.07) is -0.272. The minimum Gasteiger partial charge on any atom is -0.357 e. The smallest absolute Gasteiger partial charge is 0.242 e. The van der Waals surface area contributed by atoms with E-state index in [0.29, 0.717) is 13.1 Å². The summed E-state index contributed by atoms with van der Waals surface area (Å²) >= 11 is 0. The van der Waals surface area contributed by atoms with Crippen LogP contribution in [0.25, 0.3) is 0 Å². The molecule has 2 saturated heterocycles. The Balaban J connectivity index is 1.92. The molecule has 114 valence electrons. The largest absolute Gasteiger partial charge is 0.357 e. The Morgan fingerprint density at radius 2 is 2.00 bits per heavy atom. The van der Waals surface area contributed by atoms with E-state index in [2.05, 4.69) is 15.5 Å². The topological polar surface area (TPSA) is 64.7 Å². The summed E-state index contributed by atoms with van der Waals surface area (Å²) in [5.41, 5.74) is 0. The van der Waals surface area contributed by atoms with Crippen molar-refractivity contribution in [1.82, 2.24) is 20.4 Å². The normalized spacial score (nSPS) is 25.1. The van der Waals surface area contributed by atoms with Crippen molar-refractivity contribution < 1.29 is 9.59 Å². The molecule has 2 heterocycles. The van der Waals surface area contributed by atoms with Crippen molar-refractivity contribution in [3.63, 3.8) is 0 Å². The number of nitrogens with one attached hydrogen (secondary N) is 2. The van der Waals surface area contributed by atoms with Crippen LogP contribution in [0.1, 0.15) is 25.7 Å². The third kappa shape index (κ3) is 3.93. The molecule has 0 aliphatic carbocycles. The zero-order chi connectivity index (χ0) is 14.4. The van der Waals surface area contributed by atoms with E-state index in [4.69, 9.17) is 0 Å². The minimum absolute atomic E-state index is 0.0319. The maximum Gasteiger partial charge on any atom is 0.242 e. The highest BCUT2D eigenvalue weighted by atomic mass is 16.2. The van der Waals surface area contributed by atoms with Crippen LogP contribution < -0.4 is 10.6 Å². The van der Waals surface area contributed by atoms with E-state index in [0.717, 1.165) is 51.9 Å². The van der Waals surface area contributed by atoms with E-state index < -0.39 is 0 Å². The summed E-state index contributed by atoms with van der Waals surface area (Å²) in [7, 11) is 1.64. The Morgan fingerprint density at radius 1 is 1.15 bits per heavy atom. The van der Waals surface area contributed by atoms with Crippen LogP contribution in [-0.4, -0.2) is 74.0 Å². The van der Waals surface area contributed by atoms with E-state index in [1.165, 1.54) is 0 Å². The minimum atomic E-state index is -0.272. The van der Waals surface area contributed by atoms with Gasteiger partial charge in [-0.3, -0.25) is 14.5 Å². The Kier molecular flexibility index (Phi) is 5.79. The second-order valence-electron chi connectivity index (χ2n) is 5.59. The molecule has 2 rings (SSSR count). The molecule has 0 aromatic heterocycles. The standard InChI is InChI=1S/C14H26N4O2/c1-15-14(20)12-5-2-3-9-18(12)13(19)11-17-8-4-6-16-7-10-17/h12,16H,2-11H2,1H3,(H,15,20). The quantitative estimate of drug-likeness (QED) is 0.726. The SMILES string of the molecule is CNC(=O)C1CCCCN1C(=O)CN1CCCNCC1. The Morgan fingerprint density at radius 3 is 2.80 bits per heavy atom. The Bertz CT molecular complexity index is 340. The van der Waals surface area contributed by atoms with Crippen LogP contribution in [0.2, 0.25) is 0 Å². The van der Waals surface area contributed by atoms with Crippen LogP contribution in [0, 0.1) is 0 Å². The molecule has 2 fully saturated rings. The number of rotatable bonds is 3. The molecular weight excluding hydrogens is 256 g/mol. The molecule has 0 radical (unpaired) electrons. The first-order chi connectivity index (χ1) is 9.72. The predicted octanol–water partition coefficient (Wildman–Crippen LogP) is -0.591. The highest BCUT2D eigenvalue weighted by Crippen LogP contribution is 2.17. The van der Waals surface area contributed by atoms with Crippen LogP contribution in [0.4, 0.5) is 0 Å². The molecule has 2 amide bonds. The third-order valence-electron chi connectivity index (χ3n) is 4.16. The van der Waals surface area contributed by atoms with Gasteiger partial charge in [0.15, 0.2) is 0 Å². The van der Waals surface area contributed by atoms with Crippen LogP contribution in [-0.2, 0) is 9.59 Å². The van der Waals surface area contributed by atoms with E-state index >= 15 is 0 Å². The zero-order valence-electron chi connectivity index (χ0n) is 12.4. The first-order valence-electron chi connectivity index (χ1n) is 7.66. The van der Waals surface area contributed by atoms with Gasteiger partial charge in [-0.05, 0) is 38.8 Å². The third-order valence-corrected chi connectivity index (χ3v) is 4.16. The maximum atomic E-state index is 12.5. The number of hydrogen-bond acceptors (Lipinski definition) is 4. The van der Waals surface area contributed by atoms with Gasteiger partial charge in [0.1, 0.15) is 6.04 Å². The highest BCUT2D eigenvalue weighted by Gasteiger charge is 2.32. The number of carbonyl (C=O) groups is 2. The van der Waals surface area contributed by atoms with Crippen molar-refractivity contribution in [2.45, 2.75) is 31.7 Å². The number of likely N-dealkylation sites (N-methyl/N-ethyl adjacent to an activating group) is 1. The van der Waals surface area contributed by atoms with Crippen LogP contribution in [0.3, 0.4) is 0 Å². The van der Waals surface area contributed by atoms with Crippen molar-refractivity contribution in [1.29, 1.82) is 0 Å².